The first-order chi connectivity index (χ1) is 8.28. The first-order valence-corrected chi connectivity index (χ1v) is 5.54. The van der Waals surface area contributed by atoms with Gasteiger partial charge in [-0.05, 0) is 12.0 Å². The van der Waals surface area contributed by atoms with Crippen molar-refractivity contribution in [3.63, 3.8) is 0 Å². The summed E-state index contributed by atoms with van der Waals surface area (Å²) in [6.07, 6.45) is 4.39. The van der Waals surface area contributed by atoms with E-state index in [1.54, 1.807) is 18.5 Å². The molecule has 88 valence electrons. The summed E-state index contributed by atoms with van der Waals surface area (Å²) in [5.41, 5.74) is 1.47. The number of fused-ring (bicyclic) bond motifs is 1. The Morgan fingerprint density at radius 1 is 1.53 bits per heavy atom. The highest BCUT2D eigenvalue weighted by molar-refractivity contribution is 5.99. The number of furan rings is 1. The number of carbonyl (C=O) groups is 1. The summed E-state index contributed by atoms with van der Waals surface area (Å²) in [5, 5.41) is 15.7. The van der Waals surface area contributed by atoms with Gasteiger partial charge in [0.1, 0.15) is 11.5 Å². The molecule has 2 N–H and O–H groups in total. The van der Waals surface area contributed by atoms with E-state index in [2.05, 4.69) is 10.2 Å². The molecule has 0 aromatic carbocycles. The SMILES string of the molecule is O=C1CC(CO)Cc2oc(-c3cn[nH]c3)cc21. The van der Waals surface area contributed by atoms with Crippen molar-refractivity contribution in [2.24, 2.45) is 5.92 Å². The molecular formula is C12H12N2O3. The van der Waals surface area contributed by atoms with E-state index in [-0.39, 0.29) is 18.3 Å². The lowest BCUT2D eigenvalue weighted by atomic mass is 9.88. The minimum absolute atomic E-state index is 0.0154. The van der Waals surface area contributed by atoms with Gasteiger partial charge in [0.2, 0.25) is 0 Å². The number of hydrogen-bond donors (Lipinski definition) is 2. The molecule has 3 rings (SSSR count). The van der Waals surface area contributed by atoms with E-state index in [0.717, 1.165) is 5.56 Å². The number of hydrogen-bond acceptors (Lipinski definition) is 4. The van der Waals surface area contributed by atoms with E-state index >= 15 is 0 Å². The molecule has 2 aromatic rings. The normalized spacial score (nSPS) is 19.4. The number of H-pyrrole nitrogens is 1. The second-order valence-corrected chi connectivity index (χ2v) is 4.31. The largest absolute Gasteiger partial charge is 0.460 e. The van der Waals surface area contributed by atoms with Crippen LogP contribution in [0.1, 0.15) is 22.5 Å². The molecule has 0 radical (unpaired) electrons. The maximum atomic E-state index is 11.8. The zero-order valence-electron chi connectivity index (χ0n) is 9.14. The lowest BCUT2D eigenvalue weighted by Gasteiger charge is -2.17. The summed E-state index contributed by atoms with van der Waals surface area (Å²) in [6.45, 7) is 0.0208. The van der Waals surface area contributed by atoms with Crippen molar-refractivity contribution >= 4 is 5.78 Å². The van der Waals surface area contributed by atoms with Crippen LogP contribution in [0.15, 0.2) is 22.9 Å². The molecule has 0 saturated carbocycles. The lowest BCUT2D eigenvalue weighted by molar-refractivity contribution is 0.0911. The Morgan fingerprint density at radius 2 is 2.41 bits per heavy atom. The number of aromatic amines is 1. The molecule has 5 heteroatoms. The van der Waals surface area contributed by atoms with Crippen LogP contribution >= 0.6 is 0 Å². The fraction of sp³-hybridized carbons (Fsp3) is 0.333. The number of nitrogens with one attached hydrogen (secondary N) is 1. The predicted molar refractivity (Wildman–Crippen MR) is 59.5 cm³/mol. The van der Waals surface area contributed by atoms with Gasteiger partial charge in [-0.15, -0.1) is 0 Å². The van der Waals surface area contributed by atoms with Crippen LogP contribution in [0.2, 0.25) is 0 Å². The third-order valence-electron chi connectivity index (χ3n) is 3.10. The van der Waals surface area contributed by atoms with Crippen molar-refractivity contribution in [1.82, 2.24) is 10.2 Å². The standard InChI is InChI=1S/C12H12N2O3/c15-6-7-1-10(16)9-3-11(17-12(9)2-7)8-4-13-14-5-8/h3-5,7,15H,1-2,6H2,(H,13,14). The van der Waals surface area contributed by atoms with E-state index in [4.69, 9.17) is 9.52 Å². The van der Waals surface area contributed by atoms with Crippen molar-refractivity contribution in [2.45, 2.75) is 12.8 Å². The highest BCUT2D eigenvalue weighted by Crippen LogP contribution is 2.32. The van der Waals surface area contributed by atoms with Gasteiger partial charge < -0.3 is 9.52 Å². The van der Waals surface area contributed by atoms with Crippen molar-refractivity contribution in [3.05, 3.63) is 29.8 Å². The van der Waals surface area contributed by atoms with Gasteiger partial charge in [-0.25, -0.2) is 0 Å². The quantitative estimate of drug-likeness (QED) is 0.820. The van der Waals surface area contributed by atoms with E-state index in [1.165, 1.54) is 0 Å². The smallest absolute Gasteiger partial charge is 0.166 e. The van der Waals surface area contributed by atoms with Gasteiger partial charge in [0, 0.05) is 25.6 Å². The summed E-state index contributed by atoms with van der Waals surface area (Å²) >= 11 is 0. The molecule has 1 unspecified atom stereocenters. The fourth-order valence-corrected chi connectivity index (χ4v) is 2.18. The Kier molecular flexibility index (Phi) is 2.33. The predicted octanol–water partition coefficient (Wildman–Crippen LogP) is 1.41. The zero-order chi connectivity index (χ0) is 11.8. The molecule has 1 aliphatic carbocycles. The second-order valence-electron chi connectivity index (χ2n) is 4.31. The summed E-state index contributed by atoms with van der Waals surface area (Å²) in [5.74, 6) is 1.36. The topological polar surface area (TPSA) is 79.1 Å². The molecule has 0 fully saturated rings. The van der Waals surface area contributed by atoms with E-state index in [1.807, 2.05) is 0 Å². The molecule has 0 saturated heterocycles. The first kappa shape index (κ1) is 10.3. The highest BCUT2D eigenvalue weighted by atomic mass is 16.3. The lowest BCUT2D eigenvalue weighted by Crippen LogP contribution is -2.21. The highest BCUT2D eigenvalue weighted by Gasteiger charge is 2.28. The first-order valence-electron chi connectivity index (χ1n) is 5.54. The molecule has 1 aliphatic rings. The number of carbonyl (C=O) groups excluding carboxylic acids is 1. The van der Waals surface area contributed by atoms with Gasteiger partial charge in [0.25, 0.3) is 0 Å². The Bertz CT molecular complexity index is 542. The second kappa shape index (κ2) is 3.85. The van der Waals surface area contributed by atoms with Crippen LogP contribution in [0.25, 0.3) is 11.3 Å². The number of aliphatic hydroxyl groups excluding tert-OH is 1. The van der Waals surface area contributed by atoms with E-state index < -0.39 is 0 Å². The van der Waals surface area contributed by atoms with Crippen LogP contribution in [-0.2, 0) is 6.42 Å². The van der Waals surface area contributed by atoms with Crippen molar-refractivity contribution < 1.29 is 14.3 Å². The maximum absolute atomic E-state index is 11.8. The number of aliphatic hydroxyl groups is 1. The van der Waals surface area contributed by atoms with Crippen LogP contribution in [-0.4, -0.2) is 27.7 Å². The minimum Gasteiger partial charge on any atom is -0.460 e. The Morgan fingerprint density at radius 3 is 3.12 bits per heavy atom. The summed E-state index contributed by atoms with van der Waals surface area (Å²) in [4.78, 5) is 11.8. The molecule has 5 nitrogen and oxygen atoms in total. The van der Waals surface area contributed by atoms with Crippen molar-refractivity contribution in [1.29, 1.82) is 0 Å². The Hall–Kier alpha value is -1.88. The molecule has 2 heterocycles. The average molecular weight is 232 g/mol. The van der Waals surface area contributed by atoms with Gasteiger partial charge in [0.05, 0.1) is 17.3 Å². The van der Waals surface area contributed by atoms with Gasteiger partial charge in [-0.1, -0.05) is 0 Å². The van der Waals surface area contributed by atoms with Gasteiger partial charge in [-0.3, -0.25) is 9.89 Å². The average Bonchev–Trinajstić information content (AvgIpc) is 2.96. The number of Topliss-reactive ketones (excluding diaryl/α,β-unsaturated/α-hetero) is 1. The van der Waals surface area contributed by atoms with Crippen LogP contribution < -0.4 is 0 Å². The third kappa shape index (κ3) is 1.68. The molecule has 2 aromatic heterocycles. The molecule has 0 aliphatic heterocycles. The summed E-state index contributed by atoms with van der Waals surface area (Å²) < 4.78 is 5.66. The van der Waals surface area contributed by atoms with Gasteiger partial charge >= 0.3 is 0 Å². The Balaban J connectivity index is 2.00. The summed E-state index contributed by atoms with van der Waals surface area (Å²) in [7, 11) is 0. The minimum atomic E-state index is -0.0154. The zero-order valence-corrected chi connectivity index (χ0v) is 9.14. The monoisotopic (exact) mass is 232 g/mol. The molecule has 0 spiro atoms. The molecule has 1 atom stereocenters. The van der Waals surface area contributed by atoms with Gasteiger partial charge in [0.15, 0.2) is 5.78 Å². The summed E-state index contributed by atoms with van der Waals surface area (Å²) in [6, 6.07) is 1.76. The van der Waals surface area contributed by atoms with Crippen LogP contribution in [0.3, 0.4) is 0 Å². The van der Waals surface area contributed by atoms with Crippen molar-refractivity contribution in [3.8, 4) is 11.3 Å². The van der Waals surface area contributed by atoms with Gasteiger partial charge in [-0.2, -0.15) is 5.10 Å². The number of rotatable bonds is 2. The molecule has 17 heavy (non-hydrogen) atoms. The van der Waals surface area contributed by atoms with E-state index in [0.29, 0.717) is 29.9 Å². The van der Waals surface area contributed by atoms with Crippen molar-refractivity contribution in [2.75, 3.05) is 6.61 Å². The maximum Gasteiger partial charge on any atom is 0.166 e. The van der Waals surface area contributed by atoms with Crippen LogP contribution in [0, 0.1) is 5.92 Å². The van der Waals surface area contributed by atoms with Crippen LogP contribution in [0.5, 0.6) is 0 Å². The number of ketones is 1. The van der Waals surface area contributed by atoms with E-state index in [9.17, 15) is 4.79 Å². The molecule has 0 amide bonds. The van der Waals surface area contributed by atoms with Crippen LogP contribution in [0.4, 0.5) is 0 Å². The fourth-order valence-electron chi connectivity index (χ4n) is 2.18. The number of aromatic nitrogens is 2. The number of nitrogens with zero attached hydrogens (tertiary/aromatic N) is 1. The third-order valence-corrected chi connectivity index (χ3v) is 3.10. The molecular weight excluding hydrogens is 220 g/mol. The molecule has 0 bridgehead atoms. The Labute approximate surface area is 97.5 Å².